The molecule has 1 N–H and O–H groups in total. The van der Waals surface area contributed by atoms with Gasteiger partial charge in [-0.2, -0.15) is 8.78 Å². The molecule has 0 bridgehead atoms. The Morgan fingerprint density at radius 1 is 1.10 bits per heavy atom. The Kier molecular flexibility index (Phi) is 6.97. The third-order valence-electron chi connectivity index (χ3n) is 7.51. The van der Waals surface area contributed by atoms with E-state index in [0.717, 1.165) is 16.7 Å². The van der Waals surface area contributed by atoms with Crippen molar-refractivity contribution in [3.8, 4) is 0 Å². The lowest BCUT2D eigenvalue weighted by atomic mass is 10.1. The molecular formula is C27H34F2N6O5. The highest BCUT2D eigenvalue weighted by Crippen LogP contribution is 2.35. The van der Waals surface area contributed by atoms with E-state index in [0.29, 0.717) is 24.1 Å². The van der Waals surface area contributed by atoms with E-state index in [1.54, 1.807) is 44.9 Å². The number of aryl methyl sites for hydroxylation is 1. The van der Waals surface area contributed by atoms with E-state index in [9.17, 15) is 19.2 Å². The van der Waals surface area contributed by atoms with Crippen LogP contribution in [0.5, 0.6) is 0 Å². The Morgan fingerprint density at radius 3 is 2.45 bits per heavy atom. The maximum Gasteiger partial charge on any atom is 0.412 e. The zero-order valence-corrected chi connectivity index (χ0v) is 23.0. The number of alkyl halides is 2. The second-order valence-corrected chi connectivity index (χ2v) is 11.4. The number of anilines is 1. The number of rotatable bonds is 3. The molecule has 2 aromatic rings. The predicted octanol–water partition coefficient (Wildman–Crippen LogP) is 2.21. The van der Waals surface area contributed by atoms with Gasteiger partial charge in [-0.3, -0.25) is 33.8 Å². The first kappa shape index (κ1) is 27.8. The van der Waals surface area contributed by atoms with E-state index in [2.05, 4.69) is 5.32 Å². The number of amides is 3. The average molecular weight is 561 g/mol. The van der Waals surface area contributed by atoms with Crippen molar-refractivity contribution in [2.24, 2.45) is 7.05 Å². The molecule has 0 radical (unpaired) electrons. The Hall–Kier alpha value is -3.74. The zero-order valence-electron chi connectivity index (χ0n) is 23.0. The number of hydrogen-bond donors (Lipinski definition) is 1. The van der Waals surface area contributed by atoms with Gasteiger partial charge in [0.2, 0.25) is 11.8 Å². The van der Waals surface area contributed by atoms with Crippen LogP contribution < -0.4 is 15.9 Å². The predicted molar refractivity (Wildman–Crippen MR) is 143 cm³/mol. The molecule has 11 nitrogen and oxygen atoms in total. The maximum absolute atomic E-state index is 15.2. The number of imide groups is 1. The number of aromatic nitrogens is 2. The quantitative estimate of drug-likeness (QED) is 0.453. The first-order valence-corrected chi connectivity index (χ1v) is 13.4. The van der Waals surface area contributed by atoms with Crippen LogP contribution in [0.15, 0.2) is 35.1 Å². The van der Waals surface area contributed by atoms with Crippen molar-refractivity contribution in [3.63, 3.8) is 0 Å². The van der Waals surface area contributed by atoms with E-state index in [4.69, 9.17) is 4.74 Å². The van der Waals surface area contributed by atoms with Crippen molar-refractivity contribution >= 4 is 34.6 Å². The van der Waals surface area contributed by atoms with Crippen molar-refractivity contribution in [2.75, 3.05) is 37.6 Å². The van der Waals surface area contributed by atoms with Gasteiger partial charge in [0.05, 0.1) is 16.7 Å². The minimum Gasteiger partial charge on any atom is -0.444 e. The molecule has 3 amide bonds. The summed E-state index contributed by atoms with van der Waals surface area (Å²) in [5.41, 5.74) is 0.712. The lowest BCUT2D eigenvalue weighted by Crippen LogP contribution is -2.65. The van der Waals surface area contributed by atoms with Crippen LogP contribution >= 0.6 is 0 Å². The highest BCUT2D eigenvalue weighted by molar-refractivity contribution is 6.00. The number of imidazole rings is 1. The van der Waals surface area contributed by atoms with Crippen LogP contribution in [0.1, 0.15) is 39.7 Å². The van der Waals surface area contributed by atoms with Gasteiger partial charge in [-0.25, -0.2) is 9.59 Å². The van der Waals surface area contributed by atoms with Crippen LogP contribution in [0.3, 0.4) is 0 Å². The summed E-state index contributed by atoms with van der Waals surface area (Å²) in [6, 6.07) is 4.60. The fraction of sp³-hybridized carbons (Fsp3) is 0.556. The molecule has 3 aliphatic heterocycles. The Morgan fingerprint density at radius 2 is 1.80 bits per heavy atom. The summed E-state index contributed by atoms with van der Waals surface area (Å²) in [6.07, 6.45) is 0.221. The first-order chi connectivity index (χ1) is 18.8. The number of carbonyl (C=O) groups is 3. The molecule has 0 aliphatic carbocycles. The van der Waals surface area contributed by atoms with E-state index in [1.807, 2.05) is 11.0 Å². The molecule has 0 spiro atoms. The molecule has 216 valence electrons. The van der Waals surface area contributed by atoms with Gasteiger partial charge in [-0.15, -0.1) is 0 Å². The van der Waals surface area contributed by atoms with Crippen molar-refractivity contribution < 1.29 is 27.9 Å². The smallest absolute Gasteiger partial charge is 0.412 e. The first-order valence-electron chi connectivity index (χ1n) is 13.4. The summed E-state index contributed by atoms with van der Waals surface area (Å²) in [5.74, 6) is -4.14. The number of nitrogens with one attached hydrogen (secondary N) is 1. The monoisotopic (exact) mass is 560 g/mol. The molecule has 13 heteroatoms. The number of piperidine rings is 1. The number of para-hydroxylation sites is 1. The van der Waals surface area contributed by atoms with Gasteiger partial charge in [0.25, 0.3) is 5.92 Å². The number of hydrogen-bond acceptors (Lipinski definition) is 7. The fourth-order valence-corrected chi connectivity index (χ4v) is 5.76. The molecule has 1 aromatic carbocycles. The molecule has 2 unspecified atom stereocenters. The van der Waals surface area contributed by atoms with Gasteiger partial charge in [-0.1, -0.05) is 12.1 Å². The highest BCUT2D eigenvalue weighted by Gasteiger charge is 2.50. The third kappa shape index (κ3) is 4.98. The summed E-state index contributed by atoms with van der Waals surface area (Å²) < 4.78 is 38.7. The molecule has 0 saturated carbocycles. The molecule has 4 heterocycles. The summed E-state index contributed by atoms with van der Waals surface area (Å²) in [5, 5.41) is 2.31. The minimum absolute atomic E-state index is 0.0185. The summed E-state index contributed by atoms with van der Waals surface area (Å²) in [6.45, 7) is 6.32. The van der Waals surface area contributed by atoms with Crippen molar-refractivity contribution in [3.05, 3.63) is 40.8 Å². The second kappa shape index (κ2) is 10.0. The summed E-state index contributed by atoms with van der Waals surface area (Å²) in [4.78, 5) is 55.0. The van der Waals surface area contributed by atoms with Gasteiger partial charge >= 0.3 is 11.8 Å². The van der Waals surface area contributed by atoms with Gasteiger partial charge in [0.1, 0.15) is 11.6 Å². The van der Waals surface area contributed by atoms with Gasteiger partial charge < -0.3 is 9.64 Å². The Bertz CT molecular complexity index is 1430. The number of halogens is 2. The van der Waals surface area contributed by atoms with E-state index in [1.165, 1.54) is 15.2 Å². The lowest BCUT2D eigenvalue weighted by molar-refractivity contribution is -0.135. The third-order valence-corrected chi connectivity index (χ3v) is 7.51. The second-order valence-electron chi connectivity index (χ2n) is 11.4. The molecule has 2 saturated heterocycles. The van der Waals surface area contributed by atoms with E-state index < -0.39 is 35.7 Å². The highest BCUT2D eigenvalue weighted by atomic mass is 19.3. The number of nitrogens with zero attached hydrogens (tertiary/aromatic N) is 5. The van der Waals surface area contributed by atoms with Gasteiger partial charge in [-0.05, 0) is 45.4 Å². The molecule has 2 atom stereocenters. The fourth-order valence-electron chi connectivity index (χ4n) is 5.76. The Labute approximate surface area is 229 Å². The molecular weight excluding hydrogens is 526 g/mol. The molecule has 40 heavy (non-hydrogen) atoms. The summed E-state index contributed by atoms with van der Waals surface area (Å²) >= 11 is 0. The van der Waals surface area contributed by atoms with Crippen LogP contribution in [0.4, 0.5) is 19.3 Å². The number of ether oxygens (including phenoxy) is 1. The largest absolute Gasteiger partial charge is 0.444 e. The molecule has 1 aromatic heterocycles. The van der Waals surface area contributed by atoms with Crippen LogP contribution in [-0.4, -0.2) is 87.3 Å². The minimum atomic E-state index is -3.26. The molecule has 5 rings (SSSR count). The zero-order chi connectivity index (χ0) is 29.0. The number of piperazine rings is 1. The van der Waals surface area contributed by atoms with Crippen molar-refractivity contribution in [1.29, 1.82) is 0 Å². The standard InChI is InChI=1S/C27H34F2N6O5/c1-26(2,3)40-25(39)34-12-6-11-27(28,29)23(34)33-15-13-32(14-16-33)17-7-5-8-18-21(17)31(4)24(38)35(18)19-9-10-20(36)30-22(19)37/h5-8,11,19,23H,9-10,12-16H2,1-4H3,(H,30,36,37). The van der Waals surface area contributed by atoms with E-state index >= 15 is 8.78 Å². The lowest BCUT2D eigenvalue weighted by Gasteiger charge is -2.47. The number of benzene rings is 1. The molecule has 2 fully saturated rings. The SMILES string of the molecule is Cn1c(=O)n(C2CCC(=O)NC2=O)c2cccc(N3CCN(C4N(C(=O)OC(C)(C)C)CC=CC4(F)F)CC3)c21. The topological polar surface area (TPSA) is 109 Å². The van der Waals surface area contributed by atoms with Crippen LogP contribution in [-0.2, 0) is 21.4 Å². The van der Waals surface area contributed by atoms with Gasteiger partial charge in [0, 0.05) is 46.2 Å². The van der Waals surface area contributed by atoms with Crippen molar-refractivity contribution in [1.82, 2.24) is 24.3 Å². The maximum atomic E-state index is 15.2. The van der Waals surface area contributed by atoms with Crippen molar-refractivity contribution in [2.45, 2.75) is 57.3 Å². The van der Waals surface area contributed by atoms with Crippen LogP contribution in [0.25, 0.3) is 11.0 Å². The Balaban J connectivity index is 1.40. The summed E-state index contributed by atoms with van der Waals surface area (Å²) in [7, 11) is 1.63. The average Bonchev–Trinajstić information content (AvgIpc) is 3.12. The van der Waals surface area contributed by atoms with E-state index in [-0.39, 0.29) is 44.1 Å². The number of carbonyl (C=O) groups excluding carboxylic acids is 3. The van der Waals surface area contributed by atoms with Crippen LogP contribution in [0, 0.1) is 0 Å². The number of fused-ring (bicyclic) bond motifs is 1. The van der Waals surface area contributed by atoms with Gasteiger partial charge in [0.15, 0.2) is 6.17 Å². The normalized spacial score (nSPS) is 23.9. The van der Waals surface area contributed by atoms with Crippen LogP contribution in [0.2, 0.25) is 0 Å². The molecule has 3 aliphatic rings.